The lowest BCUT2D eigenvalue weighted by Crippen LogP contribution is -2.23. The van der Waals surface area contributed by atoms with E-state index in [1.165, 1.54) is 0 Å². The first kappa shape index (κ1) is 13.3. The van der Waals surface area contributed by atoms with Crippen LogP contribution < -0.4 is 5.32 Å². The zero-order valence-electron chi connectivity index (χ0n) is 10.5. The minimum Gasteiger partial charge on any atom is -0.361 e. The Kier molecular flexibility index (Phi) is 3.69. The first-order valence-electron chi connectivity index (χ1n) is 5.69. The molecule has 0 spiro atoms. The Hall–Kier alpha value is -2.11. The summed E-state index contributed by atoms with van der Waals surface area (Å²) >= 11 is 3.32. The monoisotopic (exact) mass is 314 g/mol. The fraction of sp³-hybridized carbons (Fsp3) is 0.214. The van der Waals surface area contributed by atoms with E-state index in [2.05, 4.69) is 38.4 Å². The van der Waals surface area contributed by atoms with E-state index in [0.29, 0.717) is 21.4 Å². The number of halogens is 1. The third kappa shape index (κ3) is 2.38. The number of hydrogen-bond acceptors (Lipinski definition) is 4. The van der Waals surface area contributed by atoms with Crippen LogP contribution in [0.2, 0.25) is 0 Å². The van der Waals surface area contributed by atoms with Crippen LogP contribution >= 0.6 is 15.9 Å². The standard InChI is InChI=1S/C14H11BrN4/c1-8-10(6-16)14(11(7-17)9(2)18-8)12-4-3-5-13(15)19-12/h3-5,14,18H,1-2H3. The molecule has 94 valence electrons. The fourth-order valence-corrected chi connectivity index (χ4v) is 2.53. The van der Waals surface area contributed by atoms with Crippen molar-refractivity contribution in [3.8, 4) is 12.1 Å². The van der Waals surface area contributed by atoms with Gasteiger partial charge in [-0.15, -0.1) is 0 Å². The van der Waals surface area contributed by atoms with Gasteiger partial charge in [-0.3, -0.25) is 0 Å². The van der Waals surface area contributed by atoms with E-state index < -0.39 is 5.92 Å². The summed E-state index contributed by atoms with van der Waals surface area (Å²) in [4.78, 5) is 4.38. The van der Waals surface area contributed by atoms with Crippen LogP contribution in [-0.2, 0) is 0 Å². The van der Waals surface area contributed by atoms with Crippen molar-refractivity contribution >= 4 is 15.9 Å². The molecule has 0 radical (unpaired) electrons. The molecule has 0 bridgehead atoms. The Morgan fingerprint density at radius 2 is 1.74 bits per heavy atom. The average molecular weight is 315 g/mol. The summed E-state index contributed by atoms with van der Waals surface area (Å²) in [5, 5.41) is 21.8. The highest BCUT2D eigenvalue weighted by Crippen LogP contribution is 2.36. The second kappa shape index (κ2) is 5.26. The highest BCUT2D eigenvalue weighted by atomic mass is 79.9. The maximum Gasteiger partial charge on any atom is 0.106 e. The van der Waals surface area contributed by atoms with Gasteiger partial charge in [0.15, 0.2) is 0 Å². The Morgan fingerprint density at radius 3 is 2.21 bits per heavy atom. The van der Waals surface area contributed by atoms with Crippen molar-refractivity contribution in [2.45, 2.75) is 19.8 Å². The summed E-state index contributed by atoms with van der Waals surface area (Å²) in [5.41, 5.74) is 3.31. The lowest BCUT2D eigenvalue weighted by Gasteiger charge is -2.25. The van der Waals surface area contributed by atoms with E-state index in [1.807, 2.05) is 32.0 Å². The number of rotatable bonds is 1. The van der Waals surface area contributed by atoms with Crippen molar-refractivity contribution in [1.29, 1.82) is 10.5 Å². The van der Waals surface area contributed by atoms with Crippen molar-refractivity contribution in [2.24, 2.45) is 0 Å². The minimum absolute atomic E-state index is 0.395. The maximum atomic E-state index is 9.34. The molecule has 0 fully saturated rings. The quantitative estimate of drug-likeness (QED) is 0.808. The van der Waals surface area contributed by atoms with Crippen molar-refractivity contribution < 1.29 is 0 Å². The normalized spacial score (nSPS) is 15.8. The SMILES string of the molecule is CC1=C(C#N)C(c2cccc(Br)n2)C(C#N)=C(C)N1. The van der Waals surface area contributed by atoms with Crippen LogP contribution in [0.1, 0.15) is 25.5 Å². The number of dihydropyridines is 1. The average Bonchev–Trinajstić information content (AvgIpc) is 2.38. The number of allylic oxidation sites excluding steroid dienone is 4. The first-order chi connectivity index (χ1) is 9.08. The van der Waals surface area contributed by atoms with E-state index in [1.54, 1.807) is 0 Å². The topological polar surface area (TPSA) is 72.5 Å². The summed E-state index contributed by atoms with van der Waals surface area (Å²) in [5.74, 6) is -0.395. The fourth-order valence-electron chi connectivity index (χ4n) is 2.17. The van der Waals surface area contributed by atoms with E-state index in [-0.39, 0.29) is 0 Å². The van der Waals surface area contributed by atoms with E-state index in [4.69, 9.17) is 0 Å². The van der Waals surface area contributed by atoms with Gasteiger partial charge in [-0.2, -0.15) is 10.5 Å². The Balaban J connectivity index is 2.65. The highest BCUT2D eigenvalue weighted by Gasteiger charge is 2.30. The Bertz CT molecular complexity index is 637. The molecule has 0 amide bonds. The summed E-state index contributed by atoms with van der Waals surface area (Å²) in [6, 6.07) is 9.86. The summed E-state index contributed by atoms with van der Waals surface area (Å²) < 4.78 is 0.688. The molecule has 0 saturated heterocycles. The van der Waals surface area contributed by atoms with E-state index >= 15 is 0 Å². The van der Waals surface area contributed by atoms with Crippen molar-refractivity contribution in [3.63, 3.8) is 0 Å². The summed E-state index contributed by atoms with van der Waals surface area (Å²) in [6.45, 7) is 3.67. The summed E-state index contributed by atoms with van der Waals surface area (Å²) in [7, 11) is 0. The molecule has 1 aliphatic rings. The van der Waals surface area contributed by atoms with Crippen LogP contribution in [0.4, 0.5) is 0 Å². The zero-order valence-corrected chi connectivity index (χ0v) is 12.1. The molecule has 1 aromatic rings. The molecule has 1 aliphatic heterocycles. The van der Waals surface area contributed by atoms with E-state index in [0.717, 1.165) is 11.4 Å². The third-order valence-electron chi connectivity index (χ3n) is 3.03. The molecule has 1 N–H and O–H groups in total. The molecule has 0 atom stereocenters. The zero-order chi connectivity index (χ0) is 14.0. The van der Waals surface area contributed by atoms with Gasteiger partial charge in [-0.1, -0.05) is 6.07 Å². The van der Waals surface area contributed by atoms with Crippen LogP contribution in [0.15, 0.2) is 45.3 Å². The second-order valence-electron chi connectivity index (χ2n) is 4.24. The van der Waals surface area contributed by atoms with Gasteiger partial charge in [0.2, 0.25) is 0 Å². The molecule has 2 rings (SSSR count). The van der Waals surface area contributed by atoms with Crippen LogP contribution in [0.25, 0.3) is 0 Å². The van der Waals surface area contributed by atoms with Gasteiger partial charge in [-0.25, -0.2) is 4.98 Å². The number of hydrogen-bond donors (Lipinski definition) is 1. The lowest BCUT2D eigenvalue weighted by molar-refractivity contribution is 0.793. The predicted octanol–water partition coefficient (Wildman–Crippen LogP) is 3.13. The van der Waals surface area contributed by atoms with Crippen molar-refractivity contribution in [1.82, 2.24) is 10.3 Å². The number of nitriles is 2. The van der Waals surface area contributed by atoms with Crippen LogP contribution in [0, 0.1) is 22.7 Å². The third-order valence-corrected chi connectivity index (χ3v) is 3.48. The van der Waals surface area contributed by atoms with Gasteiger partial charge in [0.1, 0.15) is 4.60 Å². The molecular formula is C14H11BrN4. The highest BCUT2D eigenvalue weighted by molar-refractivity contribution is 9.10. The van der Waals surface area contributed by atoms with Gasteiger partial charge >= 0.3 is 0 Å². The molecule has 1 aromatic heterocycles. The van der Waals surface area contributed by atoms with Crippen molar-refractivity contribution in [3.05, 3.63) is 51.0 Å². The van der Waals surface area contributed by atoms with Gasteiger partial charge in [0, 0.05) is 11.4 Å². The molecule has 0 aromatic carbocycles. The number of nitrogens with zero attached hydrogens (tertiary/aromatic N) is 3. The van der Waals surface area contributed by atoms with Crippen molar-refractivity contribution in [2.75, 3.05) is 0 Å². The number of aromatic nitrogens is 1. The van der Waals surface area contributed by atoms with Gasteiger partial charge in [0.25, 0.3) is 0 Å². The molecular weight excluding hydrogens is 304 g/mol. The molecule has 0 unspecified atom stereocenters. The smallest absolute Gasteiger partial charge is 0.106 e. The van der Waals surface area contributed by atoms with Gasteiger partial charge < -0.3 is 5.32 Å². The van der Waals surface area contributed by atoms with Crippen LogP contribution in [0.3, 0.4) is 0 Å². The molecule has 5 heteroatoms. The Morgan fingerprint density at radius 1 is 1.16 bits per heavy atom. The molecule has 0 saturated carbocycles. The molecule has 19 heavy (non-hydrogen) atoms. The molecule has 4 nitrogen and oxygen atoms in total. The lowest BCUT2D eigenvalue weighted by atomic mass is 9.84. The van der Waals surface area contributed by atoms with Gasteiger partial charge in [-0.05, 0) is 41.9 Å². The largest absolute Gasteiger partial charge is 0.361 e. The Labute approximate surface area is 120 Å². The van der Waals surface area contributed by atoms with Gasteiger partial charge in [0.05, 0.1) is 34.9 Å². The first-order valence-corrected chi connectivity index (χ1v) is 6.49. The molecule has 2 heterocycles. The van der Waals surface area contributed by atoms with E-state index in [9.17, 15) is 10.5 Å². The maximum absolute atomic E-state index is 9.34. The minimum atomic E-state index is -0.395. The second-order valence-corrected chi connectivity index (χ2v) is 5.06. The van der Waals surface area contributed by atoms with Crippen LogP contribution in [0.5, 0.6) is 0 Å². The predicted molar refractivity (Wildman–Crippen MR) is 74.4 cm³/mol. The molecule has 0 aliphatic carbocycles. The number of pyridine rings is 1. The van der Waals surface area contributed by atoms with Crippen LogP contribution in [-0.4, -0.2) is 4.98 Å². The number of nitrogens with one attached hydrogen (secondary N) is 1. The summed E-state index contributed by atoms with van der Waals surface area (Å²) in [6.07, 6.45) is 0.